The van der Waals surface area contributed by atoms with Crippen molar-refractivity contribution in [3.63, 3.8) is 0 Å². The van der Waals surface area contributed by atoms with Crippen LogP contribution < -0.4 is 5.32 Å². The summed E-state index contributed by atoms with van der Waals surface area (Å²) in [5, 5.41) is 12.4. The Morgan fingerprint density at radius 1 is 1.73 bits per heavy atom. The van der Waals surface area contributed by atoms with E-state index in [0.717, 1.165) is 19.4 Å². The number of nitrogens with one attached hydrogen (secondary N) is 1. The number of hydrogen-bond acceptors (Lipinski definition) is 3. The van der Waals surface area contributed by atoms with Gasteiger partial charge in [-0.25, -0.2) is 0 Å². The van der Waals surface area contributed by atoms with Gasteiger partial charge in [-0.05, 0) is 12.8 Å². The second kappa shape index (κ2) is 3.52. The third-order valence-corrected chi connectivity index (χ3v) is 2.64. The van der Waals surface area contributed by atoms with E-state index < -0.39 is 0 Å². The summed E-state index contributed by atoms with van der Waals surface area (Å²) < 4.78 is 5.20. The van der Waals surface area contributed by atoms with E-state index in [-0.39, 0.29) is 18.2 Å². The summed E-state index contributed by atoms with van der Waals surface area (Å²) in [6.45, 7) is 3.16. The molecule has 0 aromatic heterocycles. The van der Waals surface area contributed by atoms with Gasteiger partial charge in [0.05, 0.1) is 12.7 Å². The molecular formula is C8H17NO2. The minimum Gasteiger partial charge on any atom is -0.394 e. The Balaban J connectivity index is 2.48. The van der Waals surface area contributed by atoms with Crippen LogP contribution in [0.5, 0.6) is 0 Å². The van der Waals surface area contributed by atoms with Crippen LogP contribution in [0.4, 0.5) is 0 Å². The number of methoxy groups -OCH3 is 1. The Bertz CT molecular complexity index is 123. The topological polar surface area (TPSA) is 41.5 Å². The maximum Gasteiger partial charge on any atom is 0.0714 e. The number of aliphatic hydroxyl groups is 1. The summed E-state index contributed by atoms with van der Waals surface area (Å²) in [5.74, 6) is 0. The predicted octanol–water partition coefficient (Wildman–Crippen LogP) is 0.136. The molecule has 1 aliphatic rings. The second-order valence-electron chi connectivity index (χ2n) is 3.23. The van der Waals surface area contributed by atoms with E-state index in [1.54, 1.807) is 7.11 Å². The molecule has 3 nitrogen and oxygen atoms in total. The van der Waals surface area contributed by atoms with Crippen molar-refractivity contribution in [3.8, 4) is 0 Å². The molecule has 0 aromatic rings. The van der Waals surface area contributed by atoms with Crippen LogP contribution in [0, 0.1) is 0 Å². The van der Waals surface area contributed by atoms with Gasteiger partial charge >= 0.3 is 0 Å². The molecule has 0 amide bonds. The van der Waals surface area contributed by atoms with Crippen molar-refractivity contribution < 1.29 is 9.84 Å². The Morgan fingerprint density at radius 3 is 2.73 bits per heavy atom. The zero-order valence-electron chi connectivity index (χ0n) is 7.26. The molecule has 1 heterocycles. The molecule has 0 bridgehead atoms. The van der Waals surface area contributed by atoms with E-state index in [4.69, 9.17) is 9.84 Å². The molecule has 2 unspecified atom stereocenters. The largest absolute Gasteiger partial charge is 0.394 e. The normalized spacial score (nSPS) is 37.9. The fraction of sp³-hybridized carbons (Fsp3) is 1.00. The first-order chi connectivity index (χ1) is 5.26. The van der Waals surface area contributed by atoms with Gasteiger partial charge in [0.1, 0.15) is 0 Å². The lowest BCUT2D eigenvalue weighted by molar-refractivity contribution is 0.100. The molecule has 0 spiro atoms. The first-order valence-corrected chi connectivity index (χ1v) is 4.15. The molecule has 2 atom stereocenters. The zero-order valence-corrected chi connectivity index (χ0v) is 7.26. The van der Waals surface area contributed by atoms with Gasteiger partial charge < -0.3 is 15.2 Å². The molecule has 0 aromatic carbocycles. The Morgan fingerprint density at radius 2 is 2.45 bits per heavy atom. The summed E-state index contributed by atoms with van der Waals surface area (Å²) in [5.41, 5.74) is -0.0688. The van der Waals surface area contributed by atoms with Crippen LogP contribution in [0.15, 0.2) is 0 Å². The number of aliphatic hydroxyl groups excluding tert-OH is 1. The Labute approximate surface area is 67.7 Å². The highest BCUT2D eigenvalue weighted by Gasteiger charge is 2.36. The summed E-state index contributed by atoms with van der Waals surface area (Å²) in [6, 6.07) is 0. The van der Waals surface area contributed by atoms with Crippen LogP contribution in [-0.4, -0.2) is 37.0 Å². The van der Waals surface area contributed by atoms with Crippen LogP contribution in [0.25, 0.3) is 0 Å². The molecule has 1 aliphatic heterocycles. The highest BCUT2D eigenvalue weighted by molar-refractivity contribution is 4.95. The first-order valence-electron chi connectivity index (χ1n) is 4.15. The van der Waals surface area contributed by atoms with E-state index in [9.17, 15) is 0 Å². The summed E-state index contributed by atoms with van der Waals surface area (Å²) in [4.78, 5) is 0. The van der Waals surface area contributed by atoms with E-state index >= 15 is 0 Å². The maximum atomic E-state index is 9.11. The quantitative estimate of drug-likeness (QED) is 0.615. The molecule has 0 saturated carbocycles. The minimum absolute atomic E-state index is 0.0688. The summed E-state index contributed by atoms with van der Waals surface area (Å²) in [7, 11) is 1.72. The summed E-state index contributed by atoms with van der Waals surface area (Å²) in [6.07, 6.45) is 2.17. The smallest absolute Gasteiger partial charge is 0.0714 e. The highest BCUT2D eigenvalue weighted by atomic mass is 16.5. The lowest BCUT2D eigenvalue weighted by atomic mass is 9.95. The van der Waals surface area contributed by atoms with Crippen molar-refractivity contribution in [1.29, 1.82) is 0 Å². The van der Waals surface area contributed by atoms with Gasteiger partial charge in [-0.1, -0.05) is 6.92 Å². The molecule has 66 valence electrons. The molecular weight excluding hydrogens is 142 g/mol. The Kier molecular flexibility index (Phi) is 2.87. The van der Waals surface area contributed by atoms with Gasteiger partial charge in [-0.3, -0.25) is 0 Å². The highest BCUT2D eigenvalue weighted by Crippen LogP contribution is 2.23. The fourth-order valence-electron chi connectivity index (χ4n) is 1.58. The van der Waals surface area contributed by atoms with Crippen molar-refractivity contribution in [1.82, 2.24) is 5.32 Å². The van der Waals surface area contributed by atoms with E-state index in [1.807, 2.05) is 0 Å². The molecule has 11 heavy (non-hydrogen) atoms. The predicted molar refractivity (Wildman–Crippen MR) is 43.5 cm³/mol. The van der Waals surface area contributed by atoms with Crippen molar-refractivity contribution in [2.24, 2.45) is 0 Å². The fourth-order valence-corrected chi connectivity index (χ4v) is 1.58. The van der Waals surface area contributed by atoms with Gasteiger partial charge in [0.2, 0.25) is 0 Å². The van der Waals surface area contributed by atoms with Crippen LogP contribution in [-0.2, 0) is 4.74 Å². The first kappa shape index (κ1) is 8.97. The number of ether oxygens (including phenoxy) is 1. The zero-order chi connectivity index (χ0) is 8.32. The maximum absolute atomic E-state index is 9.11. The average molecular weight is 159 g/mol. The van der Waals surface area contributed by atoms with Crippen LogP contribution in [0.3, 0.4) is 0 Å². The van der Waals surface area contributed by atoms with Gasteiger partial charge in [-0.2, -0.15) is 0 Å². The van der Waals surface area contributed by atoms with Crippen LogP contribution in [0.1, 0.15) is 19.8 Å². The Hall–Kier alpha value is -0.120. The molecule has 3 heteroatoms. The van der Waals surface area contributed by atoms with Crippen molar-refractivity contribution in [3.05, 3.63) is 0 Å². The second-order valence-corrected chi connectivity index (χ2v) is 3.23. The third-order valence-electron chi connectivity index (χ3n) is 2.64. The van der Waals surface area contributed by atoms with Crippen molar-refractivity contribution >= 4 is 0 Å². The summed E-state index contributed by atoms with van der Waals surface area (Å²) >= 11 is 0. The number of hydrogen-bond donors (Lipinski definition) is 2. The molecule has 1 fully saturated rings. The lowest BCUT2D eigenvalue weighted by Gasteiger charge is -2.24. The molecule has 0 aliphatic carbocycles. The van der Waals surface area contributed by atoms with Gasteiger partial charge in [0.15, 0.2) is 0 Å². The molecule has 1 saturated heterocycles. The van der Waals surface area contributed by atoms with Gasteiger partial charge in [-0.15, -0.1) is 0 Å². The standard InChI is InChI=1S/C8H17NO2/c1-3-8(6-10)4-7(11-2)5-9-8/h7,9-10H,3-6H2,1-2H3. The van der Waals surface area contributed by atoms with Crippen LogP contribution >= 0.6 is 0 Å². The monoisotopic (exact) mass is 159 g/mol. The number of rotatable bonds is 3. The van der Waals surface area contributed by atoms with Crippen LogP contribution in [0.2, 0.25) is 0 Å². The average Bonchev–Trinajstić information content (AvgIpc) is 2.49. The third kappa shape index (κ3) is 1.72. The minimum atomic E-state index is -0.0688. The van der Waals surface area contributed by atoms with Gasteiger partial charge in [0.25, 0.3) is 0 Å². The van der Waals surface area contributed by atoms with E-state index in [0.29, 0.717) is 0 Å². The van der Waals surface area contributed by atoms with Gasteiger partial charge in [0, 0.05) is 19.2 Å². The molecule has 1 rings (SSSR count). The molecule has 2 N–H and O–H groups in total. The van der Waals surface area contributed by atoms with Crippen molar-refractivity contribution in [2.45, 2.75) is 31.4 Å². The van der Waals surface area contributed by atoms with E-state index in [2.05, 4.69) is 12.2 Å². The van der Waals surface area contributed by atoms with E-state index in [1.165, 1.54) is 0 Å². The SMILES string of the molecule is CCC1(CO)CC(OC)CN1. The molecule has 0 radical (unpaired) electrons. The lowest BCUT2D eigenvalue weighted by Crippen LogP contribution is -2.42. The van der Waals surface area contributed by atoms with Crippen molar-refractivity contribution in [2.75, 3.05) is 20.3 Å².